The number of aliphatic hydroxyl groups excluding tert-OH is 2. The number of hydrogen-bond donors (Lipinski definition) is 3. The van der Waals surface area contributed by atoms with Gasteiger partial charge in [0.25, 0.3) is 0 Å². The summed E-state index contributed by atoms with van der Waals surface area (Å²) in [7, 11) is 0. The fraction of sp³-hybridized carbons (Fsp3) is 0.667. The molecule has 14 heavy (non-hydrogen) atoms. The Kier molecular flexibility index (Phi) is 3.62. The molecule has 1 aliphatic rings. The van der Waals surface area contributed by atoms with Crippen molar-refractivity contribution in [2.75, 3.05) is 19.6 Å². The van der Waals surface area contributed by atoms with E-state index >= 15 is 0 Å². The smallest absolute Gasteiger partial charge is 0.330 e. The van der Waals surface area contributed by atoms with Gasteiger partial charge in [-0.05, 0) is 6.92 Å². The third kappa shape index (κ3) is 2.80. The summed E-state index contributed by atoms with van der Waals surface area (Å²) < 4.78 is 0. The van der Waals surface area contributed by atoms with Crippen molar-refractivity contribution in [3.8, 4) is 0 Å². The number of hydrogen-bond acceptors (Lipinski definition) is 4. The van der Waals surface area contributed by atoms with E-state index in [1.165, 1.54) is 6.92 Å². The zero-order chi connectivity index (χ0) is 10.7. The number of nitrogens with zero attached hydrogens (tertiary/aromatic N) is 1. The van der Waals surface area contributed by atoms with Gasteiger partial charge in [-0.25, -0.2) is 4.79 Å². The summed E-state index contributed by atoms with van der Waals surface area (Å²) in [6, 6.07) is 0. The topological polar surface area (TPSA) is 81.0 Å². The summed E-state index contributed by atoms with van der Waals surface area (Å²) in [5.74, 6) is -0.940. The molecule has 1 saturated heterocycles. The predicted molar refractivity (Wildman–Crippen MR) is 49.8 cm³/mol. The molecule has 80 valence electrons. The van der Waals surface area contributed by atoms with E-state index in [1.807, 2.05) is 4.90 Å². The average Bonchev–Trinajstić information content (AvgIpc) is 2.42. The van der Waals surface area contributed by atoms with E-state index in [0.717, 1.165) is 0 Å². The van der Waals surface area contributed by atoms with Gasteiger partial charge in [-0.2, -0.15) is 0 Å². The zero-order valence-corrected chi connectivity index (χ0v) is 8.05. The second-order valence-electron chi connectivity index (χ2n) is 3.55. The van der Waals surface area contributed by atoms with Crippen LogP contribution in [0.25, 0.3) is 0 Å². The van der Waals surface area contributed by atoms with E-state index < -0.39 is 18.2 Å². The van der Waals surface area contributed by atoms with Crippen LogP contribution in [-0.4, -0.2) is 58.0 Å². The van der Waals surface area contributed by atoms with Crippen molar-refractivity contribution in [3.63, 3.8) is 0 Å². The Hall–Kier alpha value is -0.910. The Morgan fingerprint density at radius 1 is 1.43 bits per heavy atom. The summed E-state index contributed by atoms with van der Waals surface area (Å²) in [6.07, 6.45) is 0.148. The Labute approximate surface area is 82.3 Å². The lowest BCUT2D eigenvalue weighted by molar-refractivity contribution is -0.132. The van der Waals surface area contributed by atoms with Gasteiger partial charge in [0.05, 0.1) is 12.2 Å². The van der Waals surface area contributed by atoms with Gasteiger partial charge in [0.2, 0.25) is 0 Å². The van der Waals surface area contributed by atoms with Gasteiger partial charge in [-0.15, -0.1) is 0 Å². The van der Waals surface area contributed by atoms with Crippen molar-refractivity contribution in [2.45, 2.75) is 19.1 Å². The van der Waals surface area contributed by atoms with Crippen LogP contribution in [-0.2, 0) is 4.79 Å². The minimum absolute atomic E-state index is 0.279. The molecule has 0 spiro atoms. The fourth-order valence-electron chi connectivity index (χ4n) is 1.35. The van der Waals surface area contributed by atoms with Gasteiger partial charge in [0.15, 0.2) is 0 Å². The molecule has 3 N–H and O–H groups in total. The number of carboxylic acid groups (broad SMARTS) is 1. The first-order chi connectivity index (χ1) is 6.50. The molecule has 5 heteroatoms. The van der Waals surface area contributed by atoms with Crippen LogP contribution < -0.4 is 0 Å². The third-order valence-corrected chi connectivity index (χ3v) is 2.33. The summed E-state index contributed by atoms with van der Waals surface area (Å²) >= 11 is 0. The molecule has 0 aliphatic carbocycles. The maximum atomic E-state index is 10.4. The molecule has 2 unspecified atom stereocenters. The van der Waals surface area contributed by atoms with E-state index in [-0.39, 0.29) is 5.57 Å². The summed E-state index contributed by atoms with van der Waals surface area (Å²) in [5, 5.41) is 27.0. The van der Waals surface area contributed by atoms with Crippen molar-refractivity contribution >= 4 is 5.97 Å². The SMILES string of the molecule is CC(=CCN1CC(O)C(O)C1)C(=O)O. The quantitative estimate of drug-likeness (QED) is 0.513. The van der Waals surface area contributed by atoms with Gasteiger partial charge in [-0.3, -0.25) is 4.90 Å². The van der Waals surface area contributed by atoms with Crippen LogP contribution in [0.2, 0.25) is 0 Å². The van der Waals surface area contributed by atoms with Crippen molar-refractivity contribution in [1.29, 1.82) is 0 Å². The Bertz CT molecular complexity index is 241. The number of aliphatic hydroxyl groups is 2. The van der Waals surface area contributed by atoms with E-state index in [9.17, 15) is 15.0 Å². The lowest BCUT2D eigenvalue weighted by Crippen LogP contribution is -2.22. The van der Waals surface area contributed by atoms with Gasteiger partial charge in [0.1, 0.15) is 0 Å². The highest BCUT2D eigenvalue weighted by atomic mass is 16.4. The van der Waals surface area contributed by atoms with Crippen molar-refractivity contribution in [3.05, 3.63) is 11.6 Å². The predicted octanol–water partition coefficient (Wildman–Crippen LogP) is -0.945. The molecule has 0 saturated carbocycles. The number of rotatable bonds is 3. The highest BCUT2D eigenvalue weighted by Crippen LogP contribution is 2.09. The number of aliphatic carboxylic acids is 1. The third-order valence-electron chi connectivity index (χ3n) is 2.33. The first-order valence-electron chi connectivity index (χ1n) is 4.49. The lowest BCUT2D eigenvalue weighted by atomic mass is 10.3. The van der Waals surface area contributed by atoms with Crippen molar-refractivity contribution in [1.82, 2.24) is 4.90 Å². The molecule has 0 bridgehead atoms. The molecule has 0 amide bonds. The standard InChI is InChI=1S/C9H15NO4/c1-6(9(13)14)2-3-10-4-7(11)8(12)5-10/h2,7-8,11-12H,3-5H2,1H3,(H,13,14). The number of likely N-dealkylation sites (tertiary alicyclic amines) is 1. The maximum absolute atomic E-state index is 10.4. The van der Waals surface area contributed by atoms with Crippen LogP contribution in [0.3, 0.4) is 0 Å². The Balaban J connectivity index is 2.40. The maximum Gasteiger partial charge on any atom is 0.330 e. The molecule has 5 nitrogen and oxygen atoms in total. The van der Waals surface area contributed by atoms with Crippen LogP contribution in [0.1, 0.15) is 6.92 Å². The Morgan fingerprint density at radius 2 is 1.93 bits per heavy atom. The van der Waals surface area contributed by atoms with Gasteiger partial charge >= 0.3 is 5.97 Å². The number of carboxylic acids is 1. The second kappa shape index (κ2) is 4.54. The highest BCUT2D eigenvalue weighted by Gasteiger charge is 2.28. The summed E-state index contributed by atoms with van der Waals surface area (Å²) in [6.45, 7) is 2.76. The molecule has 0 aromatic rings. The molecule has 2 atom stereocenters. The number of β-amino-alcohol motifs (C(OH)–C–C–N with tert-alkyl or cyclic N) is 2. The van der Waals surface area contributed by atoms with Crippen molar-refractivity contribution < 1.29 is 20.1 Å². The molecular weight excluding hydrogens is 186 g/mol. The van der Waals surface area contributed by atoms with Gasteiger partial charge < -0.3 is 15.3 Å². The first kappa shape index (κ1) is 11.2. The monoisotopic (exact) mass is 201 g/mol. The summed E-state index contributed by atoms with van der Waals surface area (Å²) in [4.78, 5) is 12.3. The van der Waals surface area contributed by atoms with E-state index in [0.29, 0.717) is 19.6 Å². The first-order valence-corrected chi connectivity index (χ1v) is 4.49. The van der Waals surface area contributed by atoms with Gasteiger partial charge in [-0.1, -0.05) is 6.08 Å². The molecule has 1 aliphatic heterocycles. The van der Waals surface area contributed by atoms with E-state index in [2.05, 4.69) is 0 Å². The molecule has 0 aromatic heterocycles. The largest absolute Gasteiger partial charge is 0.478 e. The minimum atomic E-state index is -0.940. The van der Waals surface area contributed by atoms with Crippen LogP contribution in [0.15, 0.2) is 11.6 Å². The van der Waals surface area contributed by atoms with Crippen LogP contribution in [0.4, 0.5) is 0 Å². The van der Waals surface area contributed by atoms with Crippen LogP contribution in [0, 0.1) is 0 Å². The zero-order valence-electron chi connectivity index (χ0n) is 8.05. The second-order valence-corrected chi connectivity index (χ2v) is 3.55. The van der Waals surface area contributed by atoms with Crippen molar-refractivity contribution in [2.24, 2.45) is 0 Å². The van der Waals surface area contributed by atoms with Crippen LogP contribution >= 0.6 is 0 Å². The summed E-state index contributed by atoms with van der Waals surface area (Å²) in [5.41, 5.74) is 0.279. The minimum Gasteiger partial charge on any atom is -0.478 e. The molecule has 1 rings (SSSR count). The van der Waals surface area contributed by atoms with Crippen LogP contribution in [0.5, 0.6) is 0 Å². The molecule has 1 heterocycles. The number of carbonyl (C=O) groups is 1. The Morgan fingerprint density at radius 3 is 2.36 bits per heavy atom. The molecule has 0 aromatic carbocycles. The normalized spacial score (nSPS) is 29.5. The lowest BCUT2D eigenvalue weighted by Gasteiger charge is -2.11. The highest BCUT2D eigenvalue weighted by molar-refractivity contribution is 5.85. The molecular formula is C9H15NO4. The van der Waals surface area contributed by atoms with Gasteiger partial charge in [0, 0.05) is 25.2 Å². The van der Waals surface area contributed by atoms with E-state index in [4.69, 9.17) is 5.11 Å². The molecule has 1 fully saturated rings. The molecule has 0 radical (unpaired) electrons. The fourth-order valence-corrected chi connectivity index (χ4v) is 1.35. The van der Waals surface area contributed by atoms with E-state index in [1.54, 1.807) is 6.08 Å². The average molecular weight is 201 g/mol.